The van der Waals surface area contributed by atoms with Crippen molar-refractivity contribution in [2.24, 2.45) is 12.5 Å². The lowest BCUT2D eigenvalue weighted by atomic mass is 9.59. The van der Waals surface area contributed by atoms with E-state index in [2.05, 4.69) is 10.2 Å². The van der Waals surface area contributed by atoms with Gasteiger partial charge >= 0.3 is 0 Å². The average molecular weight is 327 g/mol. The Morgan fingerprint density at radius 3 is 2.75 bits per heavy atom. The van der Waals surface area contributed by atoms with Crippen molar-refractivity contribution in [3.63, 3.8) is 0 Å². The Morgan fingerprint density at radius 1 is 1.33 bits per heavy atom. The largest absolute Gasteiger partial charge is 0.468 e. The van der Waals surface area contributed by atoms with Gasteiger partial charge in [-0.3, -0.25) is 9.69 Å². The molecule has 4 rings (SSSR count). The minimum atomic E-state index is 0.0673. The summed E-state index contributed by atoms with van der Waals surface area (Å²) < 4.78 is 7.37. The van der Waals surface area contributed by atoms with Gasteiger partial charge in [-0.1, -0.05) is 0 Å². The Balaban J connectivity index is 1.32. The molecule has 2 aromatic heterocycles. The molecular formula is C19H25N3O2. The number of amides is 1. The lowest BCUT2D eigenvalue weighted by Crippen LogP contribution is -2.59. The van der Waals surface area contributed by atoms with Gasteiger partial charge in [0.15, 0.2) is 0 Å². The van der Waals surface area contributed by atoms with Gasteiger partial charge in [0.1, 0.15) is 5.76 Å². The summed E-state index contributed by atoms with van der Waals surface area (Å²) >= 11 is 0. The standard InChI is InChI=1S/C19H25N3O2/c1-21-9-5-15(13-21)18(23)20-17-4-6-19(17)7-10-22(11-8-19)14-16-3-2-12-24-16/h2-3,5,9,12-13,17H,4,6-8,10-11,14H2,1H3,(H,20,23)/t17-/m0/s1. The van der Waals surface area contributed by atoms with Crippen molar-refractivity contribution in [3.8, 4) is 0 Å². The summed E-state index contributed by atoms with van der Waals surface area (Å²) in [4.78, 5) is 14.9. The van der Waals surface area contributed by atoms with Gasteiger partial charge in [0.2, 0.25) is 0 Å². The van der Waals surface area contributed by atoms with Crippen LogP contribution >= 0.6 is 0 Å². The van der Waals surface area contributed by atoms with Gasteiger partial charge in [0, 0.05) is 25.5 Å². The van der Waals surface area contributed by atoms with Gasteiger partial charge in [0.25, 0.3) is 5.91 Å². The van der Waals surface area contributed by atoms with E-state index in [1.54, 1.807) is 6.26 Å². The second kappa shape index (κ2) is 6.13. The minimum Gasteiger partial charge on any atom is -0.468 e. The quantitative estimate of drug-likeness (QED) is 0.939. The SMILES string of the molecule is Cn1ccc(C(=O)N[C@H]2CCC23CCN(Cc2ccco2)CC3)c1. The molecule has 128 valence electrons. The summed E-state index contributed by atoms with van der Waals surface area (Å²) in [5, 5.41) is 3.28. The zero-order valence-electron chi connectivity index (χ0n) is 14.2. The second-order valence-corrected chi connectivity index (χ2v) is 7.35. The highest BCUT2D eigenvalue weighted by atomic mass is 16.3. The number of furan rings is 1. The van der Waals surface area contributed by atoms with Crippen LogP contribution in [0, 0.1) is 5.41 Å². The number of nitrogens with one attached hydrogen (secondary N) is 1. The third-order valence-corrected chi connectivity index (χ3v) is 5.88. The van der Waals surface area contributed by atoms with Crippen LogP contribution in [-0.4, -0.2) is 34.5 Å². The first-order valence-electron chi connectivity index (χ1n) is 8.82. The molecule has 0 unspecified atom stereocenters. The van der Waals surface area contributed by atoms with E-state index in [-0.39, 0.29) is 5.91 Å². The fourth-order valence-corrected chi connectivity index (χ4v) is 4.18. The van der Waals surface area contributed by atoms with Crippen molar-refractivity contribution < 1.29 is 9.21 Å². The maximum Gasteiger partial charge on any atom is 0.253 e. The molecule has 24 heavy (non-hydrogen) atoms. The number of rotatable bonds is 4. The maximum absolute atomic E-state index is 12.4. The number of hydrogen-bond donors (Lipinski definition) is 1. The molecule has 5 heteroatoms. The third-order valence-electron chi connectivity index (χ3n) is 5.88. The fraction of sp³-hybridized carbons (Fsp3) is 0.526. The molecule has 3 heterocycles. The number of nitrogens with zero attached hydrogens (tertiary/aromatic N) is 2. The van der Waals surface area contributed by atoms with Crippen LogP contribution in [0.25, 0.3) is 0 Å². The molecule has 2 fully saturated rings. The van der Waals surface area contributed by atoms with Gasteiger partial charge in [-0.15, -0.1) is 0 Å². The minimum absolute atomic E-state index is 0.0673. The van der Waals surface area contributed by atoms with E-state index in [0.717, 1.165) is 50.2 Å². The molecule has 0 bridgehead atoms. The van der Waals surface area contributed by atoms with Crippen molar-refractivity contribution in [2.75, 3.05) is 13.1 Å². The first-order chi connectivity index (χ1) is 11.6. The maximum atomic E-state index is 12.4. The Morgan fingerprint density at radius 2 is 2.17 bits per heavy atom. The van der Waals surface area contributed by atoms with Gasteiger partial charge in [-0.05, 0) is 62.4 Å². The average Bonchev–Trinajstić information content (AvgIpc) is 3.24. The van der Waals surface area contributed by atoms with Crippen LogP contribution in [-0.2, 0) is 13.6 Å². The zero-order chi connectivity index (χ0) is 16.6. The van der Waals surface area contributed by atoms with Crippen LogP contribution in [0.2, 0.25) is 0 Å². The number of hydrogen-bond acceptors (Lipinski definition) is 3. The highest BCUT2D eigenvalue weighted by molar-refractivity contribution is 5.94. The highest BCUT2D eigenvalue weighted by Gasteiger charge is 2.48. The molecular weight excluding hydrogens is 302 g/mol. The molecule has 2 aromatic rings. The zero-order valence-corrected chi connectivity index (χ0v) is 14.2. The van der Waals surface area contributed by atoms with Gasteiger partial charge < -0.3 is 14.3 Å². The number of aromatic nitrogens is 1. The molecule has 2 aliphatic rings. The van der Waals surface area contributed by atoms with Gasteiger partial charge in [0.05, 0.1) is 18.4 Å². The summed E-state index contributed by atoms with van der Waals surface area (Å²) in [6.07, 6.45) is 10.2. The molecule has 1 N–H and O–H groups in total. The number of carbonyl (C=O) groups is 1. The van der Waals surface area contributed by atoms with Crippen molar-refractivity contribution in [1.29, 1.82) is 0 Å². The Bertz CT molecular complexity index is 696. The van der Waals surface area contributed by atoms with Crippen LogP contribution in [0.1, 0.15) is 41.8 Å². The van der Waals surface area contributed by atoms with E-state index in [9.17, 15) is 4.79 Å². The smallest absolute Gasteiger partial charge is 0.253 e. The number of piperidine rings is 1. The predicted octanol–water partition coefficient (Wildman–Crippen LogP) is 2.79. The first-order valence-corrected chi connectivity index (χ1v) is 8.82. The van der Waals surface area contributed by atoms with Crippen molar-refractivity contribution in [3.05, 3.63) is 48.2 Å². The predicted molar refractivity (Wildman–Crippen MR) is 91.6 cm³/mol. The fourth-order valence-electron chi connectivity index (χ4n) is 4.18. The number of likely N-dealkylation sites (tertiary alicyclic amines) is 1. The van der Waals surface area contributed by atoms with Crippen LogP contribution in [0.3, 0.4) is 0 Å². The van der Waals surface area contributed by atoms with Crippen LogP contribution in [0.4, 0.5) is 0 Å². The molecule has 1 aliphatic heterocycles. The Hall–Kier alpha value is -2.01. The number of carbonyl (C=O) groups excluding carboxylic acids is 1. The second-order valence-electron chi connectivity index (χ2n) is 7.35. The van der Waals surface area contributed by atoms with Crippen LogP contribution < -0.4 is 5.32 Å². The number of aryl methyl sites for hydroxylation is 1. The van der Waals surface area contributed by atoms with E-state index in [1.807, 2.05) is 42.2 Å². The van der Waals surface area contributed by atoms with E-state index >= 15 is 0 Å². The summed E-state index contributed by atoms with van der Waals surface area (Å²) in [5.74, 6) is 1.10. The summed E-state index contributed by atoms with van der Waals surface area (Å²) in [6, 6.07) is 6.20. The summed E-state index contributed by atoms with van der Waals surface area (Å²) in [5.41, 5.74) is 1.07. The molecule has 1 spiro atoms. The lowest BCUT2D eigenvalue weighted by molar-refractivity contribution is -0.00848. The van der Waals surface area contributed by atoms with Gasteiger partial charge in [-0.2, -0.15) is 0 Å². The molecule has 1 atom stereocenters. The van der Waals surface area contributed by atoms with E-state index < -0.39 is 0 Å². The van der Waals surface area contributed by atoms with Crippen molar-refractivity contribution >= 4 is 5.91 Å². The molecule has 5 nitrogen and oxygen atoms in total. The topological polar surface area (TPSA) is 50.4 Å². The van der Waals surface area contributed by atoms with Crippen LogP contribution in [0.15, 0.2) is 41.3 Å². The van der Waals surface area contributed by atoms with Gasteiger partial charge in [-0.25, -0.2) is 0 Å². The molecule has 0 aromatic carbocycles. The van der Waals surface area contributed by atoms with Crippen molar-refractivity contribution in [1.82, 2.24) is 14.8 Å². The van der Waals surface area contributed by atoms with E-state index in [1.165, 1.54) is 6.42 Å². The van der Waals surface area contributed by atoms with Crippen molar-refractivity contribution in [2.45, 2.75) is 38.3 Å². The molecule has 1 saturated carbocycles. The van der Waals surface area contributed by atoms with Crippen LogP contribution in [0.5, 0.6) is 0 Å². The molecule has 0 radical (unpaired) electrons. The Kier molecular flexibility index (Phi) is 3.96. The summed E-state index contributed by atoms with van der Waals surface area (Å²) in [6.45, 7) is 3.06. The molecule has 1 aliphatic carbocycles. The monoisotopic (exact) mass is 327 g/mol. The normalized spacial score (nSPS) is 23.1. The summed E-state index contributed by atoms with van der Waals surface area (Å²) in [7, 11) is 1.94. The Labute approximate surface area is 142 Å². The third kappa shape index (κ3) is 2.88. The van der Waals surface area contributed by atoms with E-state index in [4.69, 9.17) is 4.42 Å². The lowest BCUT2D eigenvalue weighted by Gasteiger charge is -2.54. The first kappa shape index (κ1) is 15.5. The molecule has 1 saturated heterocycles. The molecule has 1 amide bonds. The highest BCUT2D eigenvalue weighted by Crippen LogP contribution is 2.49. The van der Waals surface area contributed by atoms with E-state index in [0.29, 0.717) is 11.5 Å².